The second-order valence-electron chi connectivity index (χ2n) is 4.72. The third-order valence-electron chi connectivity index (χ3n) is 3.47. The van der Waals surface area contributed by atoms with Crippen LogP contribution < -0.4 is 15.4 Å². The fourth-order valence-corrected chi connectivity index (χ4v) is 2.50. The summed E-state index contributed by atoms with van der Waals surface area (Å²) in [5, 5.41) is 2.31. The second-order valence-corrected chi connectivity index (χ2v) is 4.72. The van der Waals surface area contributed by atoms with Crippen LogP contribution in [0.1, 0.15) is 6.42 Å². The molecule has 2 heterocycles. The molecule has 0 aliphatic carbocycles. The first-order valence-corrected chi connectivity index (χ1v) is 6.21. The molecule has 2 aromatic rings. The van der Waals surface area contributed by atoms with E-state index in [0.29, 0.717) is 0 Å². The van der Waals surface area contributed by atoms with Crippen molar-refractivity contribution in [1.29, 1.82) is 0 Å². The summed E-state index contributed by atoms with van der Waals surface area (Å²) in [7, 11) is 1.68. The molecule has 1 atom stereocenters. The molecule has 94 valence electrons. The minimum Gasteiger partial charge on any atom is -0.497 e. The maximum Gasteiger partial charge on any atom is 0.136 e. The minimum atomic E-state index is 0.264. The summed E-state index contributed by atoms with van der Waals surface area (Å²) in [4.78, 5) is 6.77. The van der Waals surface area contributed by atoms with Gasteiger partial charge >= 0.3 is 0 Å². The number of methoxy groups -OCH3 is 1. The van der Waals surface area contributed by atoms with Crippen molar-refractivity contribution in [3.8, 4) is 5.75 Å². The summed E-state index contributed by atoms with van der Waals surface area (Å²) in [5.74, 6) is 1.90. The molecule has 0 saturated carbocycles. The van der Waals surface area contributed by atoms with Crippen LogP contribution in [0, 0.1) is 0 Å². The van der Waals surface area contributed by atoms with Gasteiger partial charge in [-0.25, -0.2) is 4.98 Å². The number of benzene rings is 1. The molecule has 2 N–H and O–H groups in total. The Morgan fingerprint density at radius 1 is 1.39 bits per heavy atom. The predicted octanol–water partition coefficient (Wildman–Crippen LogP) is 1.78. The summed E-state index contributed by atoms with van der Waals surface area (Å²) in [5.41, 5.74) is 5.96. The molecular formula is C14H17N3O. The molecule has 1 unspecified atom stereocenters. The number of aromatic nitrogens is 1. The Bertz CT molecular complexity index is 570. The molecule has 4 nitrogen and oxygen atoms in total. The van der Waals surface area contributed by atoms with Gasteiger partial charge in [-0.3, -0.25) is 0 Å². The molecule has 0 amide bonds. The van der Waals surface area contributed by atoms with E-state index in [1.807, 2.05) is 24.4 Å². The van der Waals surface area contributed by atoms with Gasteiger partial charge in [-0.05, 0) is 36.1 Å². The number of hydrogen-bond donors (Lipinski definition) is 1. The molecule has 1 aromatic heterocycles. The SMILES string of the molecule is COc1ccc2c(N3CCC(N)C3)nccc2c1. The maximum absolute atomic E-state index is 5.96. The average molecular weight is 243 g/mol. The first kappa shape index (κ1) is 11.3. The summed E-state index contributed by atoms with van der Waals surface area (Å²) in [6.07, 6.45) is 2.88. The van der Waals surface area contributed by atoms with Crippen LogP contribution in [0.4, 0.5) is 5.82 Å². The third-order valence-corrected chi connectivity index (χ3v) is 3.47. The number of hydrogen-bond acceptors (Lipinski definition) is 4. The number of fused-ring (bicyclic) bond motifs is 1. The van der Waals surface area contributed by atoms with Gasteiger partial charge in [0.15, 0.2) is 0 Å². The fraction of sp³-hybridized carbons (Fsp3) is 0.357. The van der Waals surface area contributed by atoms with E-state index in [0.717, 1.165) is 41.9 Å². The Kier molecular flexibility index (Phi) is 2.80. The van der Waals surface area contributed by atoms with Crippen molar-refractivity contribution >= 4 is 16.6 Å². The summed E-state index contributed by atoms with van der Waals surface area (Å²) in [6, 6.07) is 8.36. The van der Waals surface area contributed by atoms with Crippen LogP contribution in [0.3, 0.4) is 0 Å². The fourth-order valence-electron chi connectivity index (χ4n) is 2.50. The number of anilines is 1. The highest BCUT2D eigenvalue weighted by Gasteiger charge is 2.21. The van der Waals surface area contributed by atoms with Crippen LogP contribution in [0.25, 0.3) is 10.8 Å². The lowest BCUT2D eigenvalue weighted by molar-refractivity contribution is 0.415. The van der Waals surface area contributed by atoms with Crippen LogP contribution in [0.2, 0.25) is 0 Å². The molecule has 0 spiro atoms. The average Bonchev–Trinajstić information content (AvgIpc) is 2.84. The zero-order valence-corrected chi connectivity index (χ0v) is 10.5. The Morgan fingerprint density at radius 3 is 3.00 bits per heavy atom. The molecule has 1 aliphatic heterocycles. The zero-order chi connectivity index (χ0) is 12.5. The van der Waals surface area contributed by atoms with Crippen molar-refractivity contribution in [1.82, 2.24) is 4.98 Å². The normalized spacial score (nSPS) is 19.4. The van der Waals surface area contributed by atoms with Gasteiger partial charge in [0.25, 0.3) is 0 Å². The van der Waals surface area contributed by atoms with Gasteiger partial charge < -0.3 is 15.4 Å². The van der Waals surface area contributed by atoms with E-state index in [2.05, 4.69) is 16.0 Å². The minimum absolute atomic E-state index is 0.264. The largest absolute Gasteiger partial charge is 0.497 e. The standard InChI is InChI=1S/C14H17N3O/c1-18-12-2-3-13-10(8-12)4-6-16-14(13)17-7-5-11(15)9-17/h2-4,6,8,11H,5,7,9,15H2,1H3. The second kappa shape index (κ2) is 4.46. The molecule has 3 rings (SSSR count). The topological polar surface area (TPSA) is 51.4 Å². The lowest BCUT2D eigenvalue weighted by Gasteiger charge is -2.18. The van der Waals surface area contributed by atoms with Crippen LogP contribution in [-0.2, 0) is 0 Å². The van der Waals surface area contributed by atoms with Gasteiger partial charge in [0, 0.05) is 30.7 Å². The Labute approximate surface area is 106 Å². The van der Waals surface area contributed by atoms with Gasteiger partial charge in [0.05, 0.1) is 7.11 Å². The molecule has 1 saturated heterocycles. The Hall–Kier alpha value is -1.81. The van der Waals surface area contributed by atoms with Crippen molar-refractivity contribution in [2.45, 2.75) is 12.5 Å². The third kappa shape index (κ3) is 1.88. The van der Waals surface area contributed by atoms with Crippen molar-refractivity contribution in [3.63, 3.8) is 0 Å². The lowest BCUT2D eigenvalue weighted by Crippen LogP contribution is -2.26. The molecule has 0 radical (unpaired) electrons. The summed E-state index contributed by atoms with van der Waals surface area (Å²) < 4.78 is 5.25. The molecule has 1 fully saturated rings. The van der Waals surface area contributed by atoms with Gasteiger partial charge in [0.2, 0.25) is 0 Å². The summed E-state index contributed by atoms with van der Waals surface area (Å²) in [6.45, 7) is 1.87. The van der Waals surface area contributed by atoms with E-state index < -0.39 is 0 Å². The monoisotopic (exact) mass is 243 g/mol. The quantitative estimate of drug-likeness (QED) is 0.873. The highest BCUT2D eigenvalue weighted by Crippen LogP contribution is 2.29. The van der Waals surface area contributed by atoms with Crippen LogP contribution in [0.5, 0.6) is 5.75 Å². The lowest BCUT2D eigenvalue weighted by atomic mass is 10.1. The number of ether oxygens (including phenoxy) is 1. The van der Waals surface area contributed by atoms with Crippen molar-refractivity contribution in [2.75, 3.05) is 25.1 Å². The highest BCUT2D eigenvalue weighted by atomic mass is 16.5. The van der Waals surface area contributed by atoms with E-state index in [9.17, 15) is 0 Å². The Balaban J connectivity index is 2.07. The van der Waals surface area contributed by atoms with Gasteiger partial charge in [0.1, 0.15) is 11.6 Å². The van der Waals surface area contributed by atoms with E-state index in [1.165, 1.54) is 0 Å². The molecule has 0 bridgehead atoms. The van der Waals surface area contributed by atoms with Gasteiger partial charge in [-0.15, -0.1) is 0 Å². The Morgan fingerprint density at radius 2 is 2.28 bits per heavy atom. The maximum atomic E-state index is 5.96. The van der Waals surface area contributed by atoms with E-state index >= 15 is 0 Å². The molecule has 1 aromatic carbocycles. The van der Waals surface area contributed by atoms with Gasteiger partial charge in [-0.1, -0.05) is 0 Å². The van der Waals surface area contributed by atoms with Crippen LogP contribution >= 0.6 is 0 Å². The number of nitrogens with zero attached hydrogens (tertiary/aromatic N) is 2. The van der Waals surface area contributed by atoms with Crippen LogP contribution in [-0.4, -0.2) is 31.2 Å². The first-order valence-electron chi connectivity index (χ1n) is 6.21. The van der Waals surface area contributed by atoms with Crippen LogP contribution in [0.15, 0.2) is 30.5 Å². The smallest absolute Gasteiger partial charge is 0.136 e. The van der Waals surface area contributed by atoms with Crippen molar-refractivity contribution in [3.05, 3.63) is 30.5 Å². The first-order chi connectivity index (χ1) is 8.78. The number of rotatable bonds is 2. The van der Waals surface area contributed by atoms with Crippen molar-refractivity contribution < 1.29 is 4.74 Å². The molecule has 18 heavy (non-hydrogen) atoms. The zero-order valence-electron chi connectivity index (χ0n) is 10.5. The number of nitrogens with two attached hydrogens (primary N) is 1. The van der Waals surface area contributed by atoms with E-state index in [1.54, 1.807) is 7.11 Å². The van der Waals surface area contributed by atoms with E-state index in [-0.39, 0.29) is 6.04 Å². The molecule has 4 heteroatoms. The number of pyridine rings is 1. The summed E-state index contributed by atoms with van der Waals surface area (Å²) >= 11 is 0. The van der Waals surface area contributed by atoms with E-state index in [4.69, 9.17) is 10.5 Å². The molecule has 1 aliphatic rings. The van der Waals surface area contributed by atoms with Gasteiger partial charge in [-0.2, -0.15) is 0 Å². The highest BCUT2D eigenvalue weighted by molar-refractivity contribution is 5.93. The molecular weight excluding hydrogens is 226 g/mol. The van der Waals surface area contributed by atoms with Crippen molar-refractivity contribution in [2.24, 2.45) is 5.73 Å². The predicted molar refractivity (Wildman–Crippen MR) is 73.1 cm³/mol.